The van der Waals surface area contributed by atoms with E-state index in [4.69, 9.17) is 0 Å². The summed E-state index contributed by atoms with van der Waals surface area (Å²) >= 11 is 0. The van der Waals surface area contributed by atoms with E-state index in [1.165, 1.54) is 0 Å². The SMILES string of the molecule is [Cs+].[Cs+].[Cs+].[Cs+].[Cs+].[Cs+].[Cs+].[Cs+].[Cs+].[Cs+].[Cs+].[O-2].[O-2].[O-2]. The molecule has 0 spiro atoms. The van der Waals surface area contributed by atoms with E-state index in [0.717, 1.165) is 0 Å². The van der Waals surface area contributed by atoms with Crippen molar-refractivity contribution in [1.82, 2.24) is 0 Å². The maximum atomic E-state index is 0. The van der Waals surface area contributed by atoms with E-state index >= 15 is 0 Å². The number of hydrogen-bond acceptors (Lipinski definition) is 0. The van der Waals surface area contributed by atoms with Crippen molar-refractivity contribution < 1.29 is 774 Å². The normalized spacial score (nSPS) is 0. The average Bonchev–Trinajstić information content (AvgIpc) is 0. The first-order valence-electron chi connectivity index (χ1n) is 0. The van der Waals surface area contributed by atoms with Crippen LogP contribution in [0.3, 0.4) is 0 Å². The van der Waals surface area contributed by atoms with Crippen molar-refractivity contribution in [3.63, 3.8) is 0 Å². The van der Waals surface area contributed by atoms with Gasteiger partial charge in [-0.25, -0.2) is 0 Å². The van der Waals surface area contributed by atoms with Gasteiger partial charge in [-0.1, -0.05) is 0 Å². The molecule has 0 aromatic carbocycles. The summed E-state index contributed by atoms with van der Waals surface area (Å²) < 4.78 is 0. The third-order valence-electron chi connectivity index (χ3n) is 0. The zero-order chi connectivity index (χ0) is 0. The van der Waals surface area contributed by atoms with Crippen LogP contribution in [0.5, 0.6) is 0 Å². The van der Waals surface area contributed by atoms with E-state index in [-0.39, 0.29) is 774 Å². The van der Waals surface area contributed by atoms with Gasteiger partial charge in [0.1, 0.15) is 0 Å². The molecule has 0 N–H and O–H groups in total. The summed E-state index contributed by atoms with van der Waals surface area (Å²) in [5.41, 5.74) is 0. The van der Waals surface area contributed by atoms with Crippen molar-refractivity contribution in [2.24, 2.45) is 0 Å². The Morgan fingerprint density at radius 2 is 0.143 bits per heavy atom. The van der Waals surface area contributed by atoms with Gasteiger partial charge in [-0.3, -0.25) is 0 Å². The first-order valence-corrected chi connectivity index (χ1v) is 0. The topological polar surface area (TPSA) is 85.5 Å². The van der Waals surface area contributed by atoms with E-state index < -0.39 is 0 Å². The molecule has 0 aromatic rings. The molecule has 0 bridgehead atoms. The monoisotopic (exact) mass is 1510 g/mol. The van der Waals surface area contributed by atoms with E-state index in [0.29, 0.717) is 0 Å². The van der Waals surface area contributed by atoms with Gasteiger partial charge >= 0.3 is 758 Å². The molecule has 0 aromatic heterocycles. The van der Waals surface area contributed by atoms with Gasteiger partial charge in [-0.05, 0) is 0 Å². The average molecular weight is 1510 g/mol. The quantitative estimate of drug-likeness (QED) is 0.231. The van der Waals surface area contributed by atoms with Crippen LogP contribution in [0.1, 0.15) is 0 Å². The first kappa shape index (κ1) is 90.9. The van der Waals surface area contributed by atoms with E-state index in [9.17, 15) is 0 Å². The summed E-state index contributed by atoms with van der Waals surface area (Å²) in [7, 11) is 0. The molecule has 3 nitrogen and oxygen atoms in total. The van der Waals surface area contributed by atoms with Crippen molar-refractivity contribution in [3.05, 3.63) is 0 Å². The molecule has 14 heteroatoms. The van der Waals surface area contributed by atoms with Crippen LogP contribution in [-0.4, -0.2) is 0 Å². The molecular weight excluding hydrogens is 1510 g/mol. The van der Waals surface area contributed by atoms with Crippen LogP contribution in [0.4, 0.5) is 0 Å². The summed E-state index contributed by atoms with van der Waals surface area (Å²) in [4.78, 5) is 0. The van der Waals surface area contributed by atoms with Gasteiger partial charge in [-0.2, -0.15) is 0 Å². The fourth-order valence-corrected chi connectivity index (χ4v) is 0. The van der Waals surface area contributed by atoms with Gasteiger partial charge in [0, 0.05) is 0 Å². The van der Waals surface area contributed by atoms with Crippen LogP contribution < -0.4 is 758 Å². The minimum Gasteiger partial charge on any atom is -2.00 e. The third-order valence-corrected chi connectivity index (χ3v) is 0. The van der Waals surface area contributed by atoms with Gasteiger partial charge in [0.2, 0.25) is 0 Å². The van der Waals surface area contributed by atoms with Gasteiger partial charge in [-0.15, -0.1) is 0 Å². The fraction of sp³-hybridized carbons (Fsp3) is 0. The van der Waals surface area contributed by atoms with Gasteiger partial charge in [0.25, 0.3) is 0 Å². The standard InChI is InChI=1S/11Cs.3O/q11*+1;3*-2. The molecule has 0 saturated carbocycles. The van der Waals surface area contributed by atoms with Crippen LogP contribution >= 0.6 is 0 Å². The molecule has 0 amide bonds. The molecule has 0 rings (SSSR count). The summed E-state index contributed by atoms with van der Waals surface area (Å²) in [6, 6.07) is 0. The van der Waals surface area contributed by atoms with E-state index in [2.05, 4.69) is 0 Å². The van der Waals surface area contributed by atoms with E-state index in [1.54, 1.807) is 0 Å². The minimum absolute atomic E-state index is 0. The summed E-state index contributed by atoms with van der Waals surface area (Å²) in [6.07, 6.45) is 0. The molecule has 0 aliphatic heterocycles. The second-order valence-electron chi connectivity index (χ2n) is 0. The number of hydrogen-bond donors (Lipinski definition) is 0. The minimum atomic E-state index is 0. The summed E-state index contributed by atoms with van der Waals surface area (Å²) in [6.45, 7) is 0. The second-order valence-corrected chi connectivity index (χ2v) is 0. The third kappa shape index (κ3) is 76.5. The van der Waals surface area contributed by atoms with Gasteiger partial charge in [0.05, 0.1) is 0 Å². The molecular formula is Cs11O3+5. The molecule has 0 unspecified atom stereocenters. The molecule has 0 heterocycles. The second kappa shape index (κ2) is 83.5. The van der Waals surface area contributed by atoms with Crippen molar-refractivity contribution in [1.29, 1.82) is 0 Å². The Morgan fingerprint density at radius 1 is 0.143 bits per heavy atom. The zero-order valence-electron chi connectivity index (χ0n) is 12.2. The zero-order valence-corrected chi connectivity index (χ0v) is 81.3. The predicted octanol–water partition coefficient (Wildman–Crippen LogP) is -33.3. The Hall–Kier alpha value is 22.5. The maximum Gasteiger partial charge on any atom is 1.00 e. The largest absolute Gasteiger partial charge is 2.00 e. The van der Waals surface area contributed by atoms with Crippen LogP contribution in [0.15, 0.2) is 0 Å². The van der Waals surface area contributed by atoms with Gasteiger partial charge in [0.15, 0.2) is 0 Å². The molecule has 0 aliphatic rings. The van der Waals surface area contributed by atoms with Crippen molar-refractivity contribution in [2.75, 3.05) is 0 Å². The Morgan fingerprint density at radius 3 is 0.143 bits per heavy atom. The van der Waals surface area contributed by atoms with Crippen LogP contribution in [0.25, 0.3) is 0 Å². The fourth-order valence-electron chi connectivity index (χ4n) is 0. The molecule has 0 aliphatic carbocycles. The number of rotatable bonds is 0. The first-order chi connectivity index (χ1) is 0. The van der Waals surface area contributed by atoms with Gasteiger partial charge < -0.3 is 16.4 Å². The van der Waals surface area contributed by atoms with E-state index in [1.807, 2.05) is 0 Å². The maximum absolute atomic E-state index is 0. The van der Waals surface area contributed by atoms with Crippen LogP contribution in [0, 0.1) is 0 Å². The molecule has 14 heavy (non-hydrogen) atoms. The summed E-state index contributed by atoms with van der Waals surface area (Å²) in [5, 5.41) is 0. The molecule has 0 radical (unpaired) electrons. The Labute approximate surface area is 736 Å². The van der Waals surface area contributed by atoms with Crippen LogP contribution in [-0.2, 0) is 16.4 Å². The summed E-state index contributed by atoms with van der Waals surface area (Å²) in [5.74, 6) is 0. The predicted molar refractivity (Wildman–Crippen MR) is 2.06 cm³/mol. The Bertz CT molecular complexity index is 10.5. The molecule has 0 atom stereocenters. The molecule has 0 saturated heterocycles. The van der Waals surface area contributed by atoms with Crippen molar-refractivity contribution in [2.45, 2.75) is 0 Å². The smallest absolute Gasteiger partial charge is 1.00 e. The van der Waals surface area contributed by atoms with Crippen LogP contribution in [0.2, 0.25) is 0 Å². The Balaban J connectivity index is 0. The Kier molecular flexibility index (Phi) is 542. The van der Waals surface area contributed by atoms with Crippen molar-refractivity contribution in [3.8, 4) is 0 Å². The molecule has 0 fully saturated rings. The van der Waals surface area contributed by atoms with Crippen molar-refractivity contribution >= 4 is 0 Å². The molecule has 24 valence electrons.